The van der Waals surface area contributed by atoms with Crippen molar-refractivity contribution in [2.75, 3.05) is 43.6 Å². The van der Waals surface area contributed by atoms with E-state index in [1.165, 1.54) is 0 Å². The highest BCUT2D eigenvalue weighted by Gasteiger charge is 2.16. The number of hydrogen-bond donors (Lipinski definition) is 1. The number of amides is 1. The van der Waals surface area contributed by atoms with Gasteiger partial charge < -0.3 is 19.7 Å². The second kappa shape index (κ2) is 8.22. The summed E-state index contributed by atoms with van der Waals surface area (Å²) in [5, 5.41) is 3.92. The van der Waals surface area contributed by atoms with Crippen LogP contribution >= 0.6 is 0 Å². The number of rotatable bonds is 5. The van der Waals surface area contributed by atoms with E-state index in [2.05, 4.69) is 20.2 Å². The number of benzene rings is 2. The molecule has 0 bridgehead atoms. The van der Waals surface area contributed by atoms with Crippen LogP contribution in [0.5, 0.6) is 5.75 Å². The molecule has 1 N–H and O–H groups in total. The number of nitrogens with zero attached hydrogens (tertiary/aromatic N) is 3. The SMILES string of the molecule is COc1ccc(CC(=O)Nc2ccc3c(N4CCOCC4)ncnc3c2)cc1. The van der Waals surface area contributed by atoms with Crippen LogP contribution in [-0.4, -0.2) is 49.3 Å². The average Bonchev–Trinajstić information content (AvgIpc) is 2.74. The van der Waals surface area contributed by atoms with Gasteiger partial charge in [-0.25, -0.2) is 9.97 Å². The first-order valence-electron chi connectivity index (χ1n) is 9.23. The van der Waals surface area contributed by atoms with Gasteiger partial charge in [0, 0.05) is 24.2 Å². The lowest BCUT2D eigenvalue weighted by Gasteiger charge is -2.28. The van der Waals surface area contributed by atoms with Gasteiger partial charge in [0.2, 0.25) is 5.91 Å². The van der Waals surface area contributed by atoms with E-state index in [4.69, 9.17) is 9.47 Å². The predicted molar refractivity (Wildman–Crippen MR) is 108 cm³/mol. The molecule has 2 aromatic carbocycles. The maximum absolute atomic E-state index is 12.4. The number of hydrogen-bond acceptors (Lipinski definition) is 6. The maximum atomic E-state index is 12.4. The summed E-state index contributed by atoms with van der Waals surface area (Å²) in [7, 11) is 1.62. The summed E-state index contributed by atoms with van der Waals surface area (Å²) < 4.78 is 10.6. The van der Waals surface area contributed by atoms with Gasteiger partial charge in [-0.2, -0.15) is 0 Å². The van der Waals surface area contributed by atoms with Gasteiger partial charge in [0.15, 0.2) is 0 Å². The molecule has 1 aliphatic heterocycles. The molecule has 1 aromatic heterocycles. The molecule has 1 aliphatic rings. The summed E-state index contributed by atoms with van der Waals surface area (Å²) >= 11 is 0. The summed E-state index contributed by atoms with van der Waals surface area (Å²) in [4.78, 5) is 23.4. The van der Waals surface area contributed by atoms with Gasteiger partial charge in [-0.15, -0.1) is 0 Å². The first-order chi connectivity index (χ1) is 13.7. The molecule has 0 saturated carbocycles. The molecule has 4 rings (SSSR count). The summed E-state index contributed by atoms with van der Waals surface area (Å²) in [6, 6.07) is 13.2. The van der Waals surface area contributed by atoms with Crippen molar-refractivity contribution >= 4 is 28.3 Å². The zero-order chi connectivity index (χ0) is 19.3. The first-order valence-corrected chi connectivity index (χ1v) is 9.23. The van der Waals surface area contributed by atoms with Crippen LogP contribution in [0.3, 0.4) is 0 Å². The molecule has 1 amide bonds. The fourth-order valence-electron chi connectivity index (χ4n) is 3.28. The molecule has 3 aromatic rings. The number of nitrogens with one attached hydrogen (secondary N) is 1. The van der Waals surface area contributed by atoms with Crippen LogP contribution in [0.1, 0.15) is 5.56 Å². The highest BCUT2D eigenvalue weighted by Crippen LogP contribution is 2.26. The number of aromatic nitrogens is 2. The molecule has 0 aliphatic carbocycles. The highest BCUT2D eigenvalue weighted by atomic mass is 16.5. The monoisotopic (exact) mass is 378 g/mol. The van der Waals surface area contributed by atoms with E-state index in [1.54, 1.807) is 13.4 Å². The summed E-state index contributed by atoms with van der Waals surface area (Å²) in [5.41, 5.74) is 2.45. The molecule has 1 saturated heterocycles. The Balaban J connectivity index is 1.48. The number of ether oxygens (including phenoxy) is 2. The molecule has 0 spiro atoms. The van der Waals surface area contributed by atoms with Crippen molar-refractivity contribution in [1.29, 1.82) is 0 Å². The predicted octanol–water partition coefficient (Wildman–Crippen LogP) is 2.66. The Bertz CT molecular complexity index is 969. The Kier molecular flexibility index (Phi) is 5.34. The van der Waals surface area contributed by atoms with Crippen molar-refractivity contribution in [2.45, 2.75) is 6.42 Å². The van der Waals surface area contributed by atoms with Crippen LogP contribution in [-0.2, 0) is 16.0 Å². The summed E-state index contributed by atoms with van der Waals surface area (Å²) in [6.07, 6.45) is 1.86. The smallest absolute Gasteiger partial charge is 0.228 e. The van der Waals surface area contributed by atoms with Crippen LogP contribution in [0.15, 0.2) is 48.8 Å². The molecule has 0 atom stereocenters. The zero-order valence-corrected chi connectivity index (χ0v) is 15.7. The zero-order valence-electron chi connectivity index (χ0n) is 15.7. The average molecular weight is 378 g/mol. The van der Waals surface area contributed by atoms with Gasteiger partial charge >= 0.3 is 0 Å². The Morgan fingerprint density at radius 2 is 1.93 bits per heavy atom. The molecule has 7 nitrogen and oxygen atoms in total. The van der Waals surface area contributed by atoms with Crippen LogP contribution < -0.4 is 15.0 Å². The largest absolute Gasteiger partial charge is 0.497 e. The Morgan fingerprint density at radius 3 is 2.68 bits per heavy atom. The molecule has 0 radical (unpaired) electrons. The number of carbonyl (C=O) groups excluding carboxylic acids is 1. The van der Waals surface area contributed by atoms with Crippen LogP contribution in [0.2, 0.25) is 0 Å². The lowest BCUT2D eigenvalue weighted by molar-refractivity contribution is -0.115. The second-order valence-electron chi connectivity index (χ2n) is 6.60. The van der Waals surface area contributed by atoms with E-state index in [0.29, 0.717) is 19.6 Å². The fraction of sp³-hybridized carbons (Fsp3) is 0.286. The summed E-state index contributed by atoms with van der Waals surface area (Å²) in [6.45, 7) is 3.02. The third-order valence-electron chi connectivity index (χ3n) is 4.73. The van der Waals surface area contributed by atoms with E-state index in [1.807, 2.05) is 42.5 Å². The maximum Gasteiger partial charge on any atom is 0.228 e. The van der Waals surface area contributed by atoms with Gasteiger partial charge in [0.1, 0.15) is 17.9 Å². The molecule has 1 fully saturated rings. The van der Waals surface area contributed by atoms with Crippen molar-refractivity contribution in [1.82, 2.24) is 9.97 Å². The van der Waals surface area contributed by atoms with Crippen molar-refractivity contribution in [3.8, 4) is 5.75 Å². The van der Waals surface area contributed by atoms with Crippen molar-refractivity contribution in [3.63, 3.8) is 0 Å². The third kappa shape index (κ3) is 4.04. The number of anilines is 2. The van der Waals surface area contributed by atoms with Gasteiger partial charge in [-0.05, 0) is 35.9 Å². The number of fused-ring (bicyclic) bond motifs is 1. The minimum atomic E-state index is -0.0769. The fourth-order valence-corrected chi connectivity index (χ4v) is 3.28. The minimum Gasteiger partial charge on any atom is -0.497 e. The van der Waals surface area contributed by atoms with E-state index in [9.17, 15) is 4.79 Å². The molecular formula is C21H22N4O3. The van der Waals surface area contributed by atoms with E-state index < -0.39 is 0 Å². The van der Waals surface area contributed by atoms with E-state index >= 15 is 0 Å². The first kappa shape index (κ1) is 18.2. The van der Waals surface area contributed by atoms with Crippen molar-refractivity contribution in [2.24, 2.45) is 0 Å². The minimum absolute atomic E-state index is 0.0769. The van der Waals surface area contributed by atoms with Gasteiger partial charge in [0.25, 0.3) is 0 Å². The van der Waals surface area contributed by atoms with E-state index in [-0.39, 0.29) is 5.91 Å². The van der Waals surface area contributed by atoms with Crippen LogP contribution in [0.4, 0.5) is 11.5 Å². The molecule has 28 heavy (non-hydrogen) atoms. The highest BCUT2D eigenvalue weighted by molar-refractivity contribution is 5.96. The van der Waals surface area contributed by atoms with Crippen LogP contribution in [0.25, 0.3) is 10.9 Å². The topological polar surface area (TPSA) is 76.6 Å². The molecule has 2 heterocycles. The second-order valence-corrected chi connectivity index (χ2v) is 6.60. The number of carbonyl (C=O) groups is 1. The molecular weight excluding hydrogens is 356 g/mol. The Morgan fingerprint density at radius 1 is 1.14 bits per heavy atom. The lowest BCUT2D eigenvalue weighted by atomic mass is 10.1. The van der Waals surface area contributed by atoms with Gasteiger partial charge in [-0.3, -0.25) is 4.79 Å². The molecule has 0 unspecified atom stereocenters. The van der Waals surface area contributed by atoms with E-state index in [0.717, 1.165) is 46.8 Å². The van der Waals surface area contributed by atoms with Crippen molar-refractivity contribution in [3.05, 3.63) is 54.4 Å². The number of methoxy groups -OCH3 is 1. The normalized spacial score (nSPS) is 14.1. The summed E-state index contributed by atoms with van der Waals surface area (Å²) in [5.74, 6) is 1.60. The quantitative estimate of drug-likeness (QED) is 0.736. The third-order valence-corrected chi connectivity index (χ3v) is 4.73. The van der Waals surface area contributed by atoms with Crippen molar-refractivity contribution < 1.29 is 14.3 Å². The van der Waals surface area contributed by atoms with Gasteiger partial charge in [0.05, 0.1) is 32.3 Å². The lowest BCUT2D eigenvalue weighted by Crippen LogP contribution is -2.36. The van der Waals surface area contributed by atoms with Gasteiger partial charge in [-0.1, -0.05) is 12.1 Å². The Labute approximate surface area is 163 Å². The number of morpholine rings is 1. The van der Waals surface area contributed by atoms with Crippen LogP contribution in [0, 0.1) is 0 Å². The standard InChI is InChI=1S/C21H22N4O3/c1-27-17-5-2-15(3-6-17)12-20(26)24-16-4-7-18-19(13-16)22-14-23-21(18)25-8-10-28-11-9-25/h2-7,13-14H,8-12H2,1H3,(H,24,26). The molecule has 144 valence electrons. The Hall–Kier alpha value is -3.19. The molecule has 7 heteroatoms.